The Bertz CT molecular complexity index is 1530. The summed E-state index contributed by atoms with van der Waals surface area (Å²) in [5, 5.41) is 11.0. The number of aromatic nitrogens is 2. The third-order valence-electron chi connectivity index (χ3n) is 6.30. The molecule has 4 N–H and O–H groups in total. The Balaban J connectivity index is 1.65. The highest BCUT2D eigenvalue weighted by Gasteiger charge is 2.22. The molecule has 4 aromatic rings. The van der Waals surface area contributed by atoms with E-state index in [-0.39, 0.29) is 57.0 Å². The highest BCUT2D eigenvalue weighted by molar-refractivity contribution is 6.10. The summed E-state index contributed by atoms with van der Waals surface area (Å²) >= 11 is 0. The maximum absolute atomic E-state index is 13.2. The van der Waals surface area contributed by atoms with Gasteiger partial charge in [-0.2, -0.15) is 0 Å². The molecule has 0 saturated carbocycles. The van der Waals surface area contributed by atoms with Gasteiger partial charge in [-0.05, 0) is 73.5 Å². The van der Waals surface area contributed by atoms with Crippen LogP contribution >= 0.6 is 0 Å². The summed E-state index contributed by atoms with van der Waals surface area (Å²) in [5.74, 6) is -2.05. The average molecular weight is 567 g/mol. The second-order valence-corrected chi connectivity index (χ2v) is 9.42. The van der Waals surface area contributed by atoms with Gasteiger partial charge in [-0.15, -0.1) is 0 Å². The van der Waals surface area contributed by atoms with Crippen molar-refractivity contribution >= 4 is 46.4 Å². The van der Waals surface area contributed by atoms with Gasteiger partial charge in [-0.25, -0.2) is 9.97 Å². The number of rotatable bonds is 2. The first kappa shape index (κ1) is 27.8. The van der Waals surface area contributed by atoms with Gasteiger partial charge in [0.2, 0.25) is 0 Å². The van der Waals surface area contributed by atoms with E-state index in [1.807, 2.05) is 0 Å². The van der Waals surface area contributed by atoms with Crippen molar-refractivity contribution in [2.45, 2.75) is 13.8 Å². The zero-order valence-corrected chi connectivity index (χ0v) is 23.1. The van der Waals surface area contributed by atoms with E-state index < -0.39 is 23.6 Å². The van der Waals surface area contributed by atoms with Gasteiger partial charge in [0.1, 0.15) is 22.8 Å². The molecule has 0 aliphatic carbocycles. The summed E-state index contributed by atoms with van der Waals surface area (Å²) < 4.78 is 11.1. The zero-order valence-electron chi connectivity index (χ0n) is 23.1. The van der Waals surface area contributed by atoms with Crippen LogP contribution in [-0.2, 0) is 0 Å². The van der Waals surface area contributed by atoms with Crippen LogP contribution in [0.5, 0.6) is 11.5 Å². The van der Waals surface area contributed by atoms with Crippen LogP contribution in [0.4, 0.5) is 22.7 Å². The Morgan fingerprint density at radius 1 is 0.500 bits per heavy atom. The van der Waals surface area contributed by atoms with E-state index in [1.54, 1.807) is 38.1 Å². The number of carbonyl (C=O) groups excluding carboxylic acids is 4. The number of hydrogen-bond acceptors (Lipinski definition) is 8. The first-order valence-corrected chi connectivity index (χ1v) is 12.7. The van der Waals surface area contributed by atoms with Crippen LogP contribution in [0.15, 0.2) is 60.7 Å². The third-order valence-corrected chi connectivity index (χ3v) is 6.30. The molecule has 42 heavy (non-hydrogen) atoms. The monoisotopic (exact) mass is 566 g/mol. The van der Waals surface area contributed by atoms with Crippen LogP contribution in [0.2, 0.25) is 0 Å². The van der Waals surface area contributed by atoms with Crippen molar-refractivity contribution in [2.75, 3.05) is 35.5 Å². The molecule has 1 aliphatic rings. The first-order valence-electron chi connectivity index (χ1n) is 12.7. The van der Waals surface area contributed by atoms with Crippen molar-refractivity contribution in [3.63, 3.8) is 0 Å². The Labute approximate surface area is 240 Å². The zero-order chi connectivity index (χ0) is 30.0. The maximum atomic E-state index is 13.2. The molecule has 0 unspecified atom stereocenters. The molecule has 0 spiro atoms. The second-order valence-electron chi connectivity index (χ2n) is 9.42. The van der Waals surface area contributed by atoms with E-state index in [0.717, 1.165) is 0 Å². The van der Waals surface area contributed by atoms with Gasteiger partial charge < -0.3 is 30.7 Å². The van der Waals surface area contributed by atoms with E-state index in [9.17, 15) is 19.2 Å². The van der Waals surface area contributed by atoms with Gasteiger partial charge in [-0.1, -0.05) is 12.1 Å². The molecule has 5 rings (SSSR count). The summed E-state index contributed by atoms with van der Waals surface area (Å²) in [7, 11) is 2.79. The molecule has 212 valence electrons. The molecule has 12 nitrogen and oxygen atoms in total. The van der Waals surface area contributed by atoms with Crippen molar-refractivity contribution in [1.82, 2.24) is 9.97 Å². The molecule has 0 radical (unpaired) electrons. The number of amides is 4. The van der Waals surface area contributed by atoms with Gasteiger partial charge >= 0.3 is 0 Å². The highest BCUT2D eigenvalue weighted by Crippen LogP contribution is 2.37. The largest absolute Gasteiger partial charge is 0.492 e. The lowest BCUT2D eigenvalue weighted by molar-refractivity contribution is 0.0999. The van der Waals surface area contributed by atoms with Crippen molar-refractivity contribution in [1.29, 1.82) is 0 Å². The Hall–Kier alpha value is -5.78. The topological polar surface area (TPSA) is 161 Å². The number of fused-ring (bicyclic) bond motifs is 8. The highest BCUT2D eigenvalue weighted by atomic mass is 16.5. The molecular formula is C30H26N6O6. The molecule has 3 heterocycles. The standard InChI is InChI=1S/C30H26N6O6/c1-15-11-21-25(41-3)22(12-15)34-28(38)18-8-6-10-20(32-18)30(40)36-24-14-16(2)13-23(26(24)42-4)35-29(39)19-9-5-7-17(31-19)27(37)33-21/h5-14H,1-4H3,(H,33,37)(H,34,38)(H,35,39)(H,36,40). The molecule has 2 aromatic carbocycles. The van der Waals surface area contributed by atoms with Crippen molar-refractivity contribution < 1.29 is 28.7 Å². The SMILES string of the molecule is COc1c2cc(C)cc1NC(=O)c1cccc(n1)C(=O)Nc1cc(C)cc(c1OC)NC(=O)c1cccc(n1)C(=O)N2. The van der Waals surface area contributed by atoms with E-state index in [0.29, 0.717) is 11.1 Å². The quantitative estimate of drug-likeness (QED) is 0.277. The number of nitrogens with one attached hydrogen (secondary N) is 4. The molecule has 8 bridgehead atoms. The normalized spacial score (nSPS) is 13.2. The lowest BCUT2D eigenvalue weighted by atomic mass is 10.1. The summed E-state index contributed by atoms with van der Waals surface area (Å²) in [6.07, 6.45) is 0. The summed E-state index contributed by atoms with van der Waals surface area (Å²) in [6, 6.07) is 15.6. The number of nitrogens with zero attached hydrogens (tertiary/aromatic N) is 2. The fraction of sp³-hybridized carbons (Fsp3) is 0.133. The van der Waals surface area contributed by atoms with Gasteiger partial charge in [0.15, 0.2) is 11.5 Å². The molecule has 0 saturated heterocycles. The lowest BCUT2D eigenvalue weighted by Gasteiger charge is -2.18. The lowest BCUT2D eigenvalue weighted by Crippen LogP contribution is -2.21. The molecule has 0 atom stereocenters. The fourth-order valence-electron chi connectivity index (χ4n) is 4.48. The van der Waals surface area contributed by atoms with Crippen LogP contribution in [0.1, 0.15) is 53.1 Å². The van der Waals surface area contributed by atoms with Crippen molar-refractivity contribution in [3.05, 3.63) is 94.6 Å². The average Bonchev–Trinajstić information content (AvgIpc) is 2.96. The van der Waals surface area contributed by atoms with Crippen molar-refractivity contribution in [2.24, 2.45) is 0 Å². The van der Waals surface area contributed by atoms with Gasteiger partial charge in [0.25, 0.3) is 23.6 Å². The van der Waals surface area contributed by atoms with Crippen LogP contribution < -0.4 is 30.7 Å². The number of hydrogen-bond donors (Lipinski definition) is 4. The van der Waals surface area contributed by atoms with E-state index in [1.165, 1.54) is 50.6 Å². The number of aryl methyl sites for hydroxylation is 2. The maximum Gasteiger partial charge on any atom is 0.274 e. The number of benzene rings is 2. The third kappa shape index (κ3) is 5.59. The van der Waals surface area contributed by atoms with Gasteiger partial charge in [0, 0.05) is 0 Å². The smallest absolute Gasteiger partial charge is 0.274 e. The molecule has 2 aromatic heterocycles. The number of ether oxygens (including phenoxy) is 2. The first-order chi connectivity index (χ1) is 20.2. The number of anilines is 4. The minimum Gasteiger partial charge on any atom is -0.492 e. The number of carbonyl (C=O) groups is 4. The molecule has 4 amide bonds. The molecule has 12 heteroatoms. The Morgan fingerprint density at radius 2 is 0.762 bits per heavy atom. The number of methoxy groups -OCH3 is 2. The van der Waals surface area contributed by atoms with E-state index in [2.05, 4.69) is 31.2 Å². The fourth-order valence-corrected chi connectivity index (χ4v) is 4.48. The molecule has 1 aliphatic heterocycles. The minimum atomic E-state index is -0.604. The summed E-state index contributed by atoms with van der Waals surface area (Å²) in [4.78, 5) is 61.4. The van der Waals surface area contributed by atoms with Crippen LogP contribution in [0, 0.1) is 13.8 Å². The van der Waals surface area contributed by atoms with Crippen LogP contribution in [0.25, 0.3) is 0 Å². The molecule has 0 fully saturated rings. The predicted octanol–water partition coefficient (Wildman–Crippen LogP) is 4.43. The number of pyridine rings is 2. The Kier molecular flexibility index (Phi) is 7.52. The van der Waals surface area contributed by atoms with Gasteiger partial charge in [-0.3, -0.25) is 19.2 Å². The minimum absolute atomic E-state index is 0.0311. The Morgan fingerprint density at radius 3 is 1.00 bits per heavy atom. The van der Waals surface area contributed by atoms with Crippen molar-refractivity contribution in [3.8, 4) is 11.5 Å². The summed E-state index contributed by atoms with van der Waals surface area (Å²) in [5.41, 5.74) is 2.35. The summed E-state index contributed by atoms with van der Waals surface area (Å²) in [6.45, 7) is 3.56. The van der Waals surface area contributed by atoms with Crippen LogP contribution in [0.3, 0.4) is 0 Å². The predicted molar refractivity (Wildman–Crippen MR) is 156 cm³/mol. The van der Waals surface area contributed by atoms with E-state index >= 15 is 0 Å². The van der Waals surface area contributed by atoms with Gasteiger partial charge in [0.05, 0.1) is 37.0 Å². The van der Waals surface area contributed by atoms with Crippen LogP contribution in [-0.4, -0.2) is 47.8 Å². The molecular weight excluding hydrogens is 540 g/mol. The van der Waals surface area contributed by atoms with E-state index in [4.69, 9.17) is 9.47 Å². The second kappa shape index (κ2) is 11.4.